The van der Waals surface area contributed by atoms with Crippen LogP contribution < -0.4 is 15.4 Å². The summed E-state index contributed by atoms with van der Waals surface area (Å²) in [6.07, 6.45) is 4.67. The molecule has 0 unspecified atom stereocenters. The summed E-state index contributed by atoms with van der Waals surface area (Å²) >= 11 is 6.16. The summed E-state index contributed by atoms with van der Waals surface area (Å²) in [6.45, 7) is 6.38. The van der Waals surface area contributed by atoms with Gasteiger partial charge in [-0.2, -0.15) is 0 Å². The van der Waals surface area contributed by atoms with E-state index < -0.39 is 0 Å². The molecular weight excluding hydrogens is 354 g/mol. The van der Waals surface area contributed by atoms with Crippen LogP contribution in [0.5, 0.6) is 5.75 Å². The van der Waals surface area contributed by atoms with E-state index in [-0.39, 0.29) is 12.1 Å². The lowest BCUT2D eigenvalue weighted by atomic mass is 10.0. The lowest BCUT2D eigenvalue weighted by Crippen LogP contribution is -2.47. The fourth-order valence-electron chi connectivity index (χ4n) is 3.54. The fraction of sp³-hybridized carbons (Fsp3) is 0.632. The van der Waals surface area contributed by atoms with Gasteiger partial charge in [0.2, 0.25) is 0 Å². The average molecular weight is 382 g/mol. The number of urea groups is 1. The number of piperidine rings is 1. The standard InChI is InChI=1S/C19H28ClN3O3/c1-2-25-18-6-5-15(12-17(18)20)22-19(24)21-14-7-9-23(10-8-14)13-16-4-3-11-26-16/h5-6,12,14,16H,2-4,7-11,13H2,1H3,(H2,21,22,24)/t16-/m0/s1. The molecule has 2 amide bonds. The third-order valence-corrected chi connectivity index (χ3v) is 5.19. The summed E-state index contributed by atoms with van der Waals surface area (Å²) in [6, 6.07) is 5.28. The van der Waals surface area contributed by atoms with Gasteiger partial charge in [0.15, 0.2) is 0 Å². The van der Waals surface area contributed by atoms with E-state index in [1.165, 1.54) is 12.8 Å². The highest BCUT2D eigenvalue weighted by Gasteiger charge is 2.24. The van der Waals surface area contributed by atoms with E-state index in [0.29, 0.717) is 29.2 Å². The van der Waals surface area contributed by atoms with Gasteiger partial charge in [-0.15, -0.1) is 0 Å². The predicted octanol–water partition coefficient (Wildman–Crippen LogP) is 3.50. The van der Waals surface area contributed by atoms with Gasteiger partial charge in [-0.05, 0) is 50.8 Å². The zero-order chi connectivity index (χ0) is 18.4. The number of likely N-dealkylation sites (tertiary alicyclic amines) is 1. The van der Waals surface area contributed by atoms with Crippen LogP contribution in [0.4, 0.5) is 10.5 Å². The van der Waals surface area contributed by atoms with Crippen molar-refractivity contribution in [2.75, 3.05) is 38.2 Å². The molecule has 3 rings (SSSR count). The average Bonchev–Trinajstić information content (AvgIpc) is 3.12. The second-order valence-corrected chi connectivity index (χ2v) is 7.29. The molecule has 0 spiro atoms. The van der Waals surface area contributed by atoms with Crippen LogP contribution in [0.3, 0.4) is 0 Å². The number of carbonyl (C=O) groups excluding carboxylic acids is 1. The van der Waals surface area contributed by atoms with Crippen molar-refractivity contribution in [3.05, 3.63) is 23.2 Å². The SMILES string of the molecule is CCOc1ccc(NC(=O)NC2CCN(C[C@@H]3CCCO3)CC2)cc1Cl. The summed E-state index contributed by atoms with van der Waals surface area (Å²) in [5, 5.41) is 6.40. The Labute approximate surface area is 160 Å². The molecule has 0 aliphatic carbocycles. The van der Waals surface area contributed by atoms with Gasteiger partial charge < -0.3 is 25.0 Å². The van der Waals surface area contributed by atoms with E-state index in [1.807, 2.05) is 6.92 Å². The van der Waals surface area contributed by atoms with Gasteiger partial charge in [0, 0.05) is 38.0 Å². The predicted molar refractivity (Wildman–Crippen MR) is 103 cm³/mol. The number of halogens is 1. The summed E-state index contributed by atoms with van der Waals surface area (Å²) in [5.41, 5.74) is 0.659. The Balaban J connectivity index is 1.40. The quantitative estimate of drug-likeness (QED) is 0.791. The summed E-state index contributed by atoms with van der Waals surface area (Å²) in [5.74, 6) is 0.624. The molecule has 2 N–H and O–H groups in total. The Morgan fingerprint density at radius 3 is 2.81 bits per heavy atom. The van der Waals surface area contributed by atoms with Gasteiger partial charge in [-0.3, -0.25) is 0 Å². The number of hydrogen-bond acceptors (Lipinski definition) is 4. The monoisotopic (exact) mass is 381 g/mol. The number of rotatable bonds is 6. The largest absolute Gasteiger partial charge is 0.492 e. The molecule has 6 nitrogen and oxygen atoms in total. The first-order valence-corrected chi connectivity index (χ1v) is 9.85. The minimum absolute atomic E-state index is 0.192. The summed E-state index contributed by atoms with van der Waals surface area (Å²) < 4.78 is 11.1. The minimum Gasteiger partial charge on any atom is -0.492 e. The van der Waals surface area contributed by atoms with Crippen molar-refractivity contribution in [2.24, 2.45) is 0 Å². The Kier molecular flexibility index (Phi) is 7.00. The molecule has 26 heavy (non-hydrogen) atoms. The molecule has 1 aromatic rings. The van der Waals surface area contributed by atoms with E-state index in [2.05, 4.69) is 15.5 Å². The second kappa shape index (κ2) is 9.44. The lowest BCUT2D eigenvalue weighted by molar-refractivity contribution is 0.0633. The Bertz CT molecular complexity index is 600. The van der Waals surface area contributed by atoms with Gasteiger partial charge in [-0.25, -0.2) is 4.79 Å². The summed E-state index contributed by atoms with van der Waals surface area (Å²) in [4.78, 5) is 14.7. The van der Waals surface area contributed by atoms with Crippen LogP contribution in [-0.2, 0) is 4.74 Å². The van der Waals surface area contributed by atoms with Crippen molar-refractivity contribution in [2.45, 2.75) is 44.8 Å². The molecule has 0 bridgehead atoms. The number of benzene rings is 1. The van der Waals surface area contributed by atoms with E-state index in [4.69, 9.17) is 21.1 Å². The maximum Gasteiger partial charge on any atom is 0.319 e. The maximum absolute atomic E-state index is 12.2. The zero-order valence-electron chi connectivity index (χ0n) is 15.3. The van der Waals surface area contributed by atoms with Crippen molar-refractivity contribution in [3.63, 3.8) is 0 Å². The van der Waals surface area contributed by atoms with Gasteiger partial charge in [0.05, 0.1) is 17.7 Å². The molecule has 7 heteroatoms. The molecule has 0 radical (unpaired) electrons. The van der Waals surface area contributed by atoms with Crippen LogP contribution in [0.25, 0.3) is 0 Å². The number of hydrogen-bond donors (Lipinski definition) is 2. The third kappa shape index (κ3) is 5.50. The van der Waals surface area contributed by atoms with E-state index >= 15 is 0 Å². The third-order valence-electron chi connectivity index (χ3n) is 4.90. The Morgan fingerprint density at radius 1 is 1.35 bits per heavy atom. The number of ether oxygens (including phenoxy) is 2. The number of nitrogens with one attached hydrogen (secondary N) is 2. The Hall–Kier alpha value is -1.50. The number of carbonyl (C=O) groups is 1. The molecule has 2 aliphatic rings. The number of anilines is 1. The summed E-state index contributed by atoms with van der Waals surface area (Å²) in [7, 11) is 0. The normalized spacial score (nSPS) is 21.5. The number of nitrogens with zero attached hydrogens (tertiary/aromatic N) is 1. The highest BCUT2D eigenvalue weighted by atomic mass is 35.5. The molecule has 1 aromatic carbocycles. The van der Waals surface area contributed by atoms with E-state index in [0.717, 1.165) is 39.1 Å². The van der Waals surface area contributed by atoms with Crippen LogP contribution in [0.1, 0.15) is 32.6 Å². The van der Waals surface area contributed by atoms with Crippen LogP contribution in [0.15, 0.2) is 18.2 Å². The van der Waals surface area contributed by atoms with Crippen molar-refractivity contribution in [3.8, 4) is 5.75 Å². The molecule has 0 saturated carbocycles. The van der Waals surface area contributed by atoms with Gasteiger partial charge in [0.25, 0.3) is 0 Å². The van der Waals surface area contributed by atoms with Crippen LogP contribution in [-0.4, -0.2) is 55.9 Å². The lowest BCUT2D eigenvalue weighted by Gasteiger charge is -2.33. The van der Waals surface area contributed by atoms with Crippen molar-refractivity contribution < 1.29 is 14.3 Å². The van der Waals surface area contributed by atoms with E-state index in [9.17, 15) is 4.79 Å². The van der Waals surface area contributed by atoms with Gasteiger partial charge >= 0.3 is 6.03 Å². The molecule has 144 valence electrons. The zero-order valence-corrected chi connectivity index (χ0v) is 16.1. The molecule has 2 heterocycles. The highest BCUT2D eigenvalue weighted by Crippen LogP contribution is 2.27. The van der Waals surface area contributed by atoms with Gasteiger partial charge in [0.1, 0.15) is 5.75 Å². The topological polar surface area (TPSA) is 62.8 Å². The fourth-order valence-corrected chi connectivity index (χ4v) is 3.78. The smallest absolute Gasteiger partial charge is 0.319 e. The molecule has 1 atom stereocenters. The minimum atomic E-state index is -0.192. The molecule has 0 aromatic heterocycles. The van der Waals surface area contributed by atoms with Crippen LogP contribution in [0, 0.1) is 0 Å². The highest BCUT2D eigenvalue weighted by molar-refractivity contribution is 6.32. The molecule has 2 fully saturated rings. The molecule has 2 aliphatic heterocycles. The first-order valence-electron chi connectivity index (χ1n) is 9.48. The van der Waals surface area contributed by atoms with Crippen molar-refractivity contribution in [1.29, 1.82) is 0 Å². The van der Waals surface area contributed by atoms with E-state index in [1.54, 1.807) is 18.2 Å². The number of amides is 2. The van der Waals surface area contributed by atoms with Crippen LogP contribution in [0.2, 0.25) is 5.02 Å². The molecular formula is C19H28ClN3O3. The maximum atomic E-state index is 12.2. The Morgan fingerprint density at radius 2 is 2.15 bits per heavy atom. The first kappa shape index (κ1) is 19.3. The van der Waals surface area contributed by atoms with Crippen molar-refractivity contribution in [1.82, 2.24) is 10.2 Å². The van der Waals surface area contributed by atoms with Crippen LogP contribution >= 0.6 is 11.6 Å². The van der Waals surface area contributed by atoms with Crippen molar-refractivity contribution >= 4 is 23.3 Å². The second-order valence-electron chi connectivity index (χ2n) is 6.89. The molecule has 2 saturated heterocycles. The first-order chi connectivity index (χ1) is 12.6. The van der Waals surface area contributed by atoms with Gasteiger partial charge in [-0.1, -0.05) is 11.6 Å².